The Kier molecular flexibility index (Phi) is 16.4. The Morgan fingerprint density at radius 3 is 2.00 bits per heavy atom. The zero-order valence-electron chi connectivity index (χ0n) is 4.07. The number of rotatable bonds is 2. The molecule has 0 aromatic heterocycles. The van der Waals surface area contributed by atoms with Crippen molar-refractivity contribution < 1.29 is 45.0 Å². The minimum atomic E-state index is 0. The molecule has 0 saturated heterocycles. The van der Waals surface area contributed by atoms with Gasteiger partial charge < -0.3 is 5.11 Å². The van der Waals surface area contributed by atoms with Crippen molar-refractivity contribution in [2.24, 2.45) is 0 Å². The van der Waals surface area contributed by atoms with Crippen LogP contribution in [0.2, 0.25) is 0 Å². The van der Waals surface area contributed by atoms with Crippen LogP contribution in [0.5, 0.6) is 0 Å². The molecule has 0 fully saturated rings. The number of unbranched alkanes of at least 4 members (excludes halogenated alkanes) is 1. The van der Waals surface area contributed by atoms with Crippen LogP contribution in [0.4, 0.5) is 0 Å². The molecule has 0 aromatic carbocycles. The number of hydrogen-bond donors (Lipinski definition) is 1. The summed E-state index contributed by atoms with van der Waals surface area (Å²) >= 11 is 0. The van der Waals surface area contributed by atoms with Gasteiger partial charge in [-0.3, -0.25) is 0 Å². The first-order chi connectivity index (χ1) is 2.41. The summed E-state index contributed by atoms with van der Waals surface area (Å²) in [5.74, 6) is 0. The van der Waals surface area contributed by atoms with Gasteiger partial charge in [0.1, 0.15) is 0 Å². The fourth-order valence-electron chi connectivity index (χ4n) is 0.158. The molecule has 0 saturated carbocycles. The molecule has 1 N–H and O–H groups in total. The van der Waals surface area contributed by atoms with Crippen LogP contribution in [0.1, 0.15) is 19.8 Å². The van der Waals surface area contributed by atoms with Crippen molar-refractivity contribution in [2.75, 3.05) is 6.61 Å². The molecule has 2 heteroatoms. The van der Waals surface area contributed by atoms with Crippen molar-refractivity contribution in [3.05, 3.63) is 0 Å². The Labute approximate surface area is 70.8 Å². The van der Waals surface area contributed by atoms with E-state index in [0.29, 0.717) is 6.61 Å². The van der Waals surface area contributed by atoms with E-state index in [1.165, 1.54) is 0 Å². The van der Waals surface area contributed by atoms with Crippen LogP contribution < -0.4 is 0 Å². The predicted octanol–water partition coefficient (Wildman–Crippen LogP) is 0.779. The molecule has 0 aromatic rings. The van der Waals surface area contributed by atoms with E-state index in [2.05, 4.69) is 6.92 Å². The van der Waals surface area contributed by atoms with Gasteiger partial charge >= 0.3 is 0 Å². The molecule has 0 heterocycles. The second-order valence-corrected chi connectivity index (χ2v) is 1.08. The van der Waals surface area contributed by atoms with Crippen molar-refractivity contribution in [1.82, 2.24) is 0 Å². The minimum absolute atomic E-state index is 0. The summed E-state index contributed by atoms with van der Waals surface area (Å²) in [5.41, 5.74) is 0. The van der Waals surface area contributed by atoms with E-state index in [4.69, 9.17) is 5.11 Å². The van der Waals surface area contributed by atoms with Gasteiger partial charge in [-0.25, -0.2) is 0 Å². The third-order valence-corrected chi connectivity index (χ3v) is 0.512. The first-order valence-corrected chi connectivity index (χ1v) is 2.02. The maximum atomic E-state index is 8.07. The minimum Gasteiger partial charge on any atom is -0.396 e. The zero-order valence-corrected chi connectivity index (χ0v) is 8.18. The van der Waals surface area contributed by atoms with E-state index < -0.39 is 0 Å². The third-order valence-electron chi connectivity index (χ3n) is 0.512. The molecule has 0 amide bonds. The van der Waals surface area contributed by atoms with Crippen molar-refractivity contribution in [3.8, 4) is 0 Å². The van der Waals surface area contributed by atoms with Gasteiger partial charge in [-0.05, 0) is 6.42 Å². The van der Waals surface area contributed by atoms with E-state index in [9.17, 15) is 0 Å². The molecular formula is C4H10OTh. The van der Waals surface area contributed by atoms with Crippen LogP contribution in [0.15, 0.2) is 0 Å². The fraction of sp³-hybridized carbons (Fsp3) is 1.00. The molecule has 0 aliphatic carbocycles. The van der Waals surface area contributed by atoms with Gasteiger partial charge in [0.05, 0.1) is 0 Å². The Bertz CT molecular complexity index is 15.0. The molecule has 0 aliphatic rings. The summed E-state index contributed by atoms with van der Waals surface area (Å²) in [5, 5.41) is 8.07. The third kappa shape index (κ3) is 8.99. The maximum Gasteiger partial charge on any atom is 0.0430 e. The maximum absolute atomic E-state index is 8.07. The SMILES string of the molecule is CCCCO.[Th]. The van der Waals surface area contributed by atoms with E-state index in [-0.39, 0.29) is 39.9 Å². The topological polar surface area (TPSA) is 20.2 Å². The monoisotopic (exact) mass is 306 g/mol. The Morgan fingerprint density at radius 2 is 2.00 bits per heavy atom. The molecule has 6 heavy (non-hydrogen) atoms. The Morgan fingerprint density at radius 1 is 1.50 bits per heavy atom. The van der Waals surface area contributed by atoms with Crippen LogP contribution in [0, 0.1) is 39.9 Å². The molecule has 0 atom stereocenters. The van der Waals surface area contributed by atoms with Crippen LogP contribution in [0.25, 0.3) is 0 Å². The second kappa shape index (κ2) is 9.56. The van der Waals surface area contributed by atoms with Crippen molar-refractivity contribution in [1.29, 1.82) is 0 Å². The van der Waals surface area contributed by atoms with Crippen LogP contribution in [-0.2, 0) is 0 Å². The Hall–Kier alpha value is 1.28. The van der Waals surface area contributed by atoms with Gasteiger partial charge in [0.2, 0.25) is 0 Å². The van der Waals surface area contributed by atoms with Gasteiger partial charge in [-0.15, -0.1) is 0 Å². The van der Waals surface area contributed by atoms with Crippen molar-refractivity contribution >= 4 is 0 Å². The average Bonchev–Trinajstić information content (AvgIpc) is 1.41. The van der Waals surface area contributed by atoms with Gasteiger partial charge in [0, 0.05) is 46.5 Å². The van der Waals surface area contributed by atoms with E-state index >= 15 is 0 Å². The van der Waals surface area contributed by atoms with Gasteiger partial charge in [-0.1, -0.05) is 13.3 Å². The number of aliphatic hydroxyl groups excluding tert-OH is 1. The molecule has 0 unspecified atom stereocenters. The van der Waals surface area contributed by atoms with E-state index in [1.54, 1.807) is 0 Å². The average molecular weight is 306 g/mol. The van der Waals surface area contributed by atoms with E-state index in [0.717, 1.165) is 12.8 Å². The quantitative estimate of drug-likeness (QED) is 0.799. The first kappa shape index (κ1) is 10.3. The summed E-state index contributed by atoms with van der Waals surface area (Å²) in [6, 6.07) is 0. The molecule has 36 valence electrons. The molecular weight excluding hydrogens is 296 g/mol. The molecule has 1 nitrogen and oxygen atoms in total. The standard InChI is InChI=1S/C4H10O.Th/c1-2-3-4-5;/h5H,2-4H2,1H3;. The summed E-state index contributed by atoms with van der Waals surface area (Å²) in [6.45, 7) is 2.40. The normalized spacial score (nSPS) is 7.00. The van der Waals surface area contributed by atoms with Crippen LogP contribution in [0.3, 0.4) is 0 Å². The van der Waals surface area contributed by atoms with Crippen LogP contribution >= 0.6 is 0 Å². The number of aliphatic hydroxyl groups is 1. The van der Waals surface area contributed by atoms with Crippen molar-refractivity contribution in [3.63, 3.8) is 0 Å². The fourth-order valence-corrected chi connectivity index (χ4v) is 0.158. The van der Waals surface area contributed by atoms with Gasteiger partial charge in [-0.2, -0.15) is 0 Å². The van der Waals surface area contributed by atoms with E-state index in [1.807, 2.05) is 0 Å². The predicted molar refractivity (Wildman–Crippen MR) is 22.0 cm³/mol. The zero-order chi connectivity index (χ0) is 4.12. The summed E-state index contributed by atoms with van der Waals surface area (Å²) in [7, 11) is 0. The van der Waals surface area contributed by atoms with Gasteiger partial charge in [0.15, 0.2) is 0 Å². The molecule has 0 rings (SSSR count). The summed E-state index contributed by atoms with van der Waals surface area (Å²) in [6.07, 6.45) is 2.04. The number of hydrogen-bond acceptors (Lipinski definition) is 1. The summed E-state index contributed by atoms with van der Waals surface area (Å²) < 4.78 is 0. The largest absolute Gasteiger partial charge is 0.396 e. The second-order valence-electron chi connectivity index (χ2n) is 1.08. The van der Waals surface area contributed by atoms with Crippen LogP contribution in [-0.4, -0.2) is 11.7 Å². The smallest absolute Gasteiger partial charge is 0.0430 e. The van der Waals surface area contributed by atoms with Crippen molar-refractivity contribution in [2.45, 2.75) is 19.8 Å². The summed E-state index contributed by atoms with van der Waals surface area (Å²) in [4.78, 5) is 0. The van der Waals surface area contributed by atoms with Gasteiger partial charge in [0.25, 0.3) is 0 Å². The Balaban J connectivity index is 0. The molecule has 0 spiro atoms. The first-order valence-electron chi connectivity index (χ1n) is 2.02. The molecule has 0 bridgehead atoms. The molecule has 0 aliphatic heterocycles. The molecule has 0 radical (unpaired) electrons.